The molecule has 0 aromatic carbocycles. The van der Waals surface area contributed by atoms with E-state index in [0.717, 1.165) is 23.6 Å². The third-order valence-corrected chi connectivity index (χ3v) is 5.89. The van der Waals surface area contributed by atoms with Crippen LogP contribution in [0.25, 0.3) is 4.96 Å². The summed E-state index contributed by atoms with van der Waals surface area (Å²) in [6, 6.07) is 2.21. The monoisotopic (exact) mass is 469 g/mol. The lowest BCUT2D eigenvalue weighted by atomic mass is 10.1. The summed E-state index contributed by atoms with van der Waals surface area (Å²) in [5, 5.41) is 20.8. The third kappa shape index (κ3) is 3.84. The van der Waals surface area contributed by atoms with Crippen molar-refractivity contribution in [3.8, 4) is 5.88 Å². The molecule has 0 saturated heterocycles. The van der Waals surface area contributed by atoms with E-state index >= 15 is 0 Å². The van der Waals surface area contributed by atoms with Gasteiger partial charge in [-0.1, -0.05) is 11.3 Å². The molecule has 0 fully saturated rings. The number of nitrogens with zero attached hydrogens (tertiary/aromatic N) is 4. The van der Waals surface area contributed by atoms with Gasteiger partial charge in [0.25, 0.3) is 11.5 Å². The molecule has 14 heteroatoms. The van der Waals surface area contributed by atoms with Gasteiger partial charge in [0.1, 0.15) is 12.4 Å². The number of amides is 1. The van der Waals surface area contributed by atoms with Crippen molar-refractivity contribution in [2.24, 2.45) is 0 Å². The number of aromatic nitrogens is 3. The Morgan fingerprint density at radius 3 is 2.66 bits per heavy atom. The molecular weight excluding hydrogens is 455 g/mol. The number of carbonyl (C=O) groups is 2. The van der Waals surface area contributed by atoms with Crippen molar-refractivity contribution in [3.05, 3.63) is 50.4 Å². The van der Waals surface area contributed by atoms with E-state index in [9.17, 15) is 32.7 Å². The second-order valence-electron chi connectivity index (χ2n) is 6.86. The molecule has 3 aromatic heterocycles. The quantitative estimate of drug-likeness (QED) is 0.519. The second kappa shape index (κ2) is 7.78. The van der Waals surface area contributed by atoms with Crippen LogP contribution in [0.3, 0.4) is 0 Å². The SMILES string of the molecule is O=C(O)CNC(=O)c1c(O)nc2sc3c(n2c1=O)CCN(c1ccc(C(F)(F)F)cn1)C3. The van der Waals surface area contributed by atoms with Crippen LogP contribution < -0.4 is 15.8 Å². The highest BCUT2D eigenvalue weighted by molar-refractivity contribution is 7.17. The van der Waals surface area contributed by atoms with Gasteiger partial charge < -0.3 is 20.4 Å². The van der Waals surface area contributed by atoms with Gasteiger partial charge in [0.2, 0.25) is 10.8 Å². The Morgan fingerprint density at radius 2 is 2.03 bits per heavy atom. The first-order chi connectivity index (χ1) is 15.1. The number of carboxylic acids is 1. The Kier molecular flexibility index (Phi) is 5.24. The van der Waals surface area contributed by atoms with Gasteiger partial charge in [-0.2, -0.15) is 18.2 Å². The number of carbonyl (C=O) groups excluding carboxylic acids is 1. The summed E-state index contributed by atoms with van der Waals surface area (Å²) in [4.78, 5) is 46.0. The van der Waals surface area contributed by atoms with E-state index in [-0.39, 0.29) is 11.5 Å². The van der Waals surface area contributed by atoms with Crippen LogP contribution in [0.4, 0.5) is 19.0 Å². The fraction of sp³-hybridized carbons (Fsp3) is 0.278. The highest BCUT2D eigenvalue weighted by Crippen LogP contribution is 2.32. The normalized spacial score (nSPS) is 13.8. The van der Waals surface area contributed by atoms with Gasteiger partial charge in [0.05, 0.1) is 12.1 Å². The van der Waals surface area contributed by atoms with E-state index in [1.165, 1.54) is 10.5 Å². The average Bonchev–Trinajstić information content (AvgIpc) is 3.09. The number of alkyl halides is 3. The number of pyridine rings is 1. The summed E-state index contributed by atoms with van der Waals surface area (Å²) in [7, 11) is 0. The van der Waals surface area contributed by atoms with E-state index in [1.807, 2.05) is 5.32 Å². The molecule has 3 aromatic rings. The second-order valence-corrected chi connectivity index (χ2v) is 7.92. The Labute approximate surface area is 180 Å². The van der Waals surface area contributed by atoms with E-state index in [0.29, 0.717) is 29.4 Å². The number of anilines is 1. The van der Waals surface area contributed by atoms with Crippen molar-refractivity contribution < 1.29 is 33.0 Å². The number of halogens is 3. The molecule has 0 bridgehead atoms. The highest BCUT2D eigenvalue weighted by atomic mass is 32.1. The van der Waals surface area contributed by atoms with Crippen molar-refractivity contribution in [2.75, 3.05) is 18.0 Å². The van der Waals surface area contributed by atoms with Crippen molar-refractivity contribution in [1.82, 2.24) is 19.7 Å². The number of rotatable bonds is 4. The maximum Gasteiger partial charge on any atom is 0.417 e. The molecule has 0 saturated carbocycles. The fourth-order valence-corrected chi connectivity index (χ4v) is 4.51. The number of nitrogens with one attached hydrogen (secondary N) is 1. The zero-order chi connectivity index (χ0) is 23.2. The minimum Gasteiger partial charge on any atom is -0.492 e. The lowest BCUT2D eigenvalue weighted by Crippen LogP contribution is -2.36. The number of hydrogen-bond acceptors (Lipinski definition) is 8. The minimum atomic E-state index is -4.49. The first-order valence-electron chi connectivity index (χ1n) is 9.10. The Bertz CT molecular complexity index is 1290. The van der Waals surface area contributed by atoms with Crippen LogP contribution in [0.15, 0.2) is 23.1 Å². The van der Waals surface area contributed by atoms with E-state index in [1.54, 1.807) is 4.90 Å². The Morgan fingerprint density at radius 1 is 1.28 bits per heavy atom. The van der Waals surface area contributed by atoms with Gasteiger partial charge in [0, 0.05) is 29.7 Å². The maximum absolute atomic E-state index is 12.9. The number of thiazole rings is 1. The zero-order valence-electron chi connectivity index (χ0n) is 16.0. The topological polar surface area (TPSA) is 137 Å². The molecular formula is C18H14F3N5O5S. The first kappa shape index (κ1) is 21.5. The summed E-state index contributed by atoms with van der Waals surface area (Å²) in [5.74, 6) is -2.88. The third-order valence-electron chi connectivity index (χ3n) is 4.82. The molecule has 0 atom stereocenters. The van der Waals surface area contributed by atoms with Crippen LogP contribution in [0, 0.1) is 0 Å². The maximum atomic E-state index is 12.9. The molecule has 3 N–H and O–H groups in total. The van der Waals surface area contributed by atoms with E-state index in [4.69, 9.17) is 5.11 Å². The molecule has 0 aliphatic carbocycles. The average molecular weight is 469 g/mol. The Hall–Kier alpha value is -3.68. The molecule has 0 radical (unpaired) electrons. The van der Waals surface area contributed by atoms with Gasteiger partial charge in [-0.05, 0) is 12.1 Å². The molecule has 1 aliphatic heterocycles. The van der Waals surface area contributed by atoms with Crippen molar-refractivity contribution >= 4 is 34.0 Å². The first-order valence-corrected chi connectivity index (χ1v) is 9.92. The summed E-state index contributed by atoms with van der Waals surface area (Å²) >= 11 is 1.09. The van der Waals surface area contributed by atoms with Crippen molar-refractivity contribution in [1.29, 1.82) is 0 Å². The molecule has 0 unspecified atom stereocenters. The predicted octanol–water partition coefficient (Wildman–Crippen LogP) is 1.25. The number of aromatic hydroxyl groups is 1. The van der Waals surface area contributed by atoms with Crippen LogP contribution in [0.1, 0.15) is 26.5 Å². The lowest BCUT2D eigenvalue weighted by Gasteiger charge is -2.27. The molecule has 0 spiro atoms. The summed E-state index contributed by atoms with van der Waals surface area (Å²) in [6.45, 7) is -0.162. The fourth-order valence-electron chi connectivity index (χ4n) is 3.34. The van der Waals surface area contributed by atoms with Crippen LogP contribution in [0.2, 0.25) is 0 Å². The predicted molar refractivity (Wildman–Crippen MR) is 105 cm³/mol. The number of carboxylic acid groups (broad SMARTS) is 1. The molecule has 168 valence electrons. The molecule has 4 heterocycles. The van der Waals surface area contributed by atoms with Crippen LogP contribution in [0.5, 0.6) is 5.88 Å². The molecule has 10 nitrogen and oxygen atoms in total. The molecule has 1 aliphatic rings. The van der Waals surface area contributed by atoms with E-state index < -0.39 is 47.2 Å². The summed E-state index contributed by atoms with van der Waals surface area (Å²) < 4.78 is 39.5. The van der Waals surface area contributed by atoms with Crippen molar-refractivity contribution in [3.63, 3.8) is 0 Å². The summed E-state index contributed by atoms with van der Waals surface area (Å²) in [5.41, 5.74) is -1.82. The standard InChI is InChI=1S/C18H14F3N5O5S/c19-18(20,21)8-1-2-11(22-5-8)25-4-3-9-10(7-25)32-17-24-15(30)13(16(31)26(9)17)14(29)23-6-12(27)28/h1-2,5,30H,3-4,6-7H2,(H,23,29)(H,27,28). The van der Waals surface area contributed by atoms with Gasteiger partial charge in [-0.3, -0.25) is 18.8 Å². The van der Waals surface area contributed by atoms with Gasteiger partial charge >= 0.3 is 12.1 Å². The molecule has 32 heavy (non-hydrogen) atoms. The van der Waals surface area contributed by atoms with Crippen molar-refractivity contribution in [2.45, 2.75) is 19.1 Å². The van der Waals surface area contributed by atoms with Gasteiger partial charge in [-0.15, -0.1) is 0 Å². The largest absolute Gasteiger partial charge is 0.492 e. The lowest BCUT2D eigenvalue weighted by molar-refractivity contribution is -0.138. The number of aliphatic carboxylic acids is 1. The Balaban J connectivity index is 1.66. The molecule has 4 rings (SSSR count). The number of hydrogen-bond donors (Lipinski definition) is 3. The van der Waals surface area contributed by atoms with Gasteiger partial charge in [-0.25, -0.2) is 4.98 Å². The zero-order valence-corrected chi connectivity index (χ0v) is 16.8. The highest BCUT2D eigenvalue weighted by Gasteiger charge is 2.32. The number of fused-ring (bicyclic) bond motifs is 3. The minimum absolute atomic E-state index is 0.134. The van der Waals surface area contributed by atoms with Gasteiger partial charge in [0.15, 0.2) is 5.56 Å². The smallest absolute Gasteiger partial charge is 0.417 e. The van der Waals surface area contributed by atoms with Crippen LogP contribution in [-0.2, 0) is 23.9 Å². The molecule has 1 amide bonds. The summed E-state index contributed by atoms with van der Waals surface area (Å²) in [6.07, 6.45) is -3.43. The van der Waals surface area contributed by atoms with Crippen LogP contribution in [-0.4, -0.2) is 49.5 Å². The van der Waals surface area contributed by atoms with E-state index in [2.05, 4.69) is 9.97 Å². The van der Waals surface area contributed by atoms with Crippen LogP contribution >= 0.6 is 11.3 Å².